The quantitative estimate of drug-likeness (QED) is 0.619. The summed E-state index contributed by atoms with van der Waals surface area (Å²) in [5.74, 6) is -3.75. The lowest BCUT2D eigenvalue weighted by atomic mass is 10.1. The third-order valence-electron chi connectivity index (χ3n) is 2.91. The Labute approximate surface area is 117 Å². The Bertz CT molecular complexity index is 740. The molecule has 2 heterocycles. The highest BCUT2D eigenvalue weighted by Gasteiger charge is 2.39. The van der Waals surface area contributed by atoms with Gasteiger partial charge in [0.1, 0.15) is 5.56 Å². The molecule has 1 aromatic heterocycles. The second kappa shape index (κ2) is 4.78. The van der Waals surface area contributed by atoms with Crippen molar-refractivity contribution in [2.75, 3.05) is 0 Å². The van der Waals surface area contributed by atoms with E-state index in [1.54, 1.807) is 12.1 Å². The van der Waals surface area contributed by atoms with Crippen LogP contribution in [0, 0.1) is 5.95 Å². The molecule has 21 heavy (non-hydrogen) atoms. The van der Waals surface area contributed by atoms with Gasteiger partial charge in [0.2, 0.25) is 5.95 Å². The van der Waals surface area contributed by atoms with E-state index in [1.165, 1.54) is 18.2 Å². The SMILES string of the molecule is O=C(ON1C(=O)c2ccccc2C1=O)c1cccnc1F. The van der Waals surface area contributed by atoms with Crippen molar-refractivity contribution in [2.24, 2.45) is 0 Å². The number of benzene rings is 1. The van der Waals surface area contributed by atoms with E-state index in [1.807, 2.05) is 0 Å². The first-order valence-corrected chi connectivity index (χ1v) is 5.90. The molecular weight excluding hydrogens is 279 g/mol. The maximum Gasteiger partial charge on any atom is 0.368 e. The van der Waals surface area contributed by atoms with E-state index < -0.39 is 29.3 Å². The summed E-state index contributed by atoms with van der Waals surface area (Å²) in [6.07, 6.45) is 1.16. The van der Waals surface area contributed by atoms with Gasteiger partial charge in [-0.3, -0.25) is 9.59 Å². The number of hydrogen-bond donors (Lipinski definition) is 0. The van der Waals surface area contributed by atoms with Crippen molar-refractivity contribution in [2.45, 2.75) is 0 Å². The predicted octanol–water partition coefficient (Wildman–Crippen LogP) is 1.59. The van der Waals surface area contributed by atoms with E-state index in [0.717, 1.165) is 12.3 Å². The molecule has 6 nitrogen and oxygen atoms in total. The summed E-state index contributed by atoms with van der Waals surface area (Å²) in [4.78, 5) is 43.8. The number of imide groups is 1. The van der Waals surface area contributed by atoms with Crippen molar-refractivity contribution in [3.63, 3.8) is 0 Å². The summed E-state index contributed by atoms with van der Waals surface area (Å²) >= 11 is 0. The van der Waals surface area contributed by atoms with Crippen LogP contribution in [0.5, 0.6) is 0 Å². The molecule has 0 saturated carbocycles. The number of hydroxylamine groups is 2. The van der Waals surface area contributed by atoms with Gasteiger partial charge in [-0.25, -0.2) is 9.78 Å². The first kappa shape index (κ1) is 12.9. The van der Waals surface area contributed by atoms with E-state index in [9.17, 15) is 18.8 Å². The number of fused-ring (bicyclic) bond motifs is 1. The fourth-order valence-corrected chi connectivity index (χ4v) is 1.92. The number of halogens is 1. The molecule has 0 atom stereocenters. The second-order valence-corrected chi connectivity index (χ2v) is 4.17. The number of carbonyl (C=O) groups is 3. The molecule has 0 unspecified atom stereocenters. The third-order valence-corrected chi connectivity index (χ3v) is 2.91. The molecule has 3 rings (SSSR count). The molecule has 0 saturated heterocycles. The standard InChI is InChI=1S/C14H7FN2O4/c15-11-10(6-3-7-16-11)14(20)21-17-12(18)8-4-1-2-5-9(8)13(17)19/h1-7H. The molecule has 0 N–H and O–H groups in total. The van der Waals surface area contributed by atoms with Crippen LogP contribution in [-0.4, -0.2) is 27.8 Å². The van der Waals surface area contributed by atoms with Crippen LogP contribution >= 0.6 is 0 Å². The van der Waals surface area contributed by atoms with Gasteiger partial charge < -0.3 is 4.84 Å². The average Bonchev–Trinajstić information content (AvgIpc) is 2.73. The number of pyridine rings is 1. The Hall–Kier alpha value is -3.09. The van der Waals surface area contributed by atoms with Crippen LogP contribution in [0.3, 0.4) is 0 Å². The van der Waals surface area contributed by atoms with Crippen LogP contribution < -0.4 is 0 Å². The Morgan fingerprint density at radius 3 is 2.24 bits per heavy atom. The molecule has 1 aliphatic heterocycles. The molecule has 1 aliphatic rings. The van der Waals surface area contributed by atoms with E-state index in [0.29, 0.717) is 5.06 Å². The van der Waals surface area contributed by atoms with Gasteiger partial charge in [0.15, 0.2) is 0 Å². The van der Waals surface area contributed by atoms with E-state index in [4.69, 9.17) is 4.84 Å². The lowest BCUT2D eigenvalue weighted by Crippen LogP contribution is -2.33. The van der Waals surface area contributed by atoms with Gasteiger partial charge in [-0.1, -0.05) is 17.2 Å². The molecule has 1 aromatic carbocycles. The summed E-state index contributed by atoms with van der Waals surface area (Å²) in [6.45, 7) is 0. The summed E-state index contributed by atoms with van der Waals surface area (Å²) in [6, 6.07) is 8.51. The Kier molecular flexibility index (Phi) is 2.94. The fourth-order valence-electron chi connectivity index (χ4n) is 1.92. The van der Waals surface area contributed by atoms with Crippen molar-refractivity contribution in [3.8, 4) is 0 Å². The summed E-state index contributed by atoms with van der Waals surface area (Å²) in [5.41, 5.74) is -0.210. The predicted molar refractivity (Wildman–Crippen MR) is 66.6 cm³/mol. The van der Waals surface area contributed by atoms with Crippen molar-refractivity contribution in [1.29, 1.82) is 0 Å². The number of nitrogens with zero attached hydrogens (tertiary/aromatic N) is 2. The zero-order valence-electron chi connectivity index (χ0n) is 10.4. The third kappa shape index (κ3) is 2.04. The van der Waals surface area contributed by atoms with E-state index in [-0.39, 0.29) is 11.1 Å². The van der Waals surface area contributed by atoms with Gasteiger partial charge in [-0.2, -0.15) is 4.39 Å². The fraction of sp³-hybridized carbons (Fsp3) is 0. The van der Waals surface area contributed by atoms with Crippen molar-refractivity contribution in [1.82, 2.24) is 10.0 Å². The smallest absolute Gasteiger partial charge is 0.324 e. The average molecular weight is 286 g/mol. The highest BCUT2D eigenvalue weighted by molar-refractivity contribution is 6.21. The molecule has 2 amide bonds. The van der Waals surface area contributed by atoms with Gasteiger partial charge in [0, 0.05) is 6.20 Å². The normalized spacial score (nSPS) is 13.3. The van der Waals surface area contributed by atoms with Crippen LogP contribution in [0.1, 0.15) is 31.1 Å². The monoisotopic (exact) mass is 286 g/mol. The Balaban J connectivity index is 1.88. The molecule has 104 valence electrons. The van der Waals surface area contributed by atoms with Gasteiger partial charge >= 0.3 is 5.97 Å². The lowest BCUT2D eigenvalue weighted by molar-refractivity contribution is -0.0588. The molecule has 0 radical (unpaired) electrons. The Morgan fingerprint density at radius 2 is 1.67 bits per heavy atom. The van der Waals surface area contributed by atoms with Crippen molar-refractivity contribution >= 4 is 17.8 Å². The van der Waals surface area contributed by atoms with Crippen LogP contribution in [-0.2, 0) is 4.84 Å². The number of amides is 2. The molecular formula is C14H7FN2O4. The topological polar surface area (TPSA) is 76.6 Å². The van der Waals surface area contributed by atoms with Crippen molar-refractivity contribution in [3.05, 3.63) is 65.2 Å². The highest BCUT2D eigenvalue weighted by Crippen LogP contribution is 2.23. The van der Waals surface area contributed by atoms with Crippen molar-refractivity contribution < 1.29 is 23.6 Å². The largest absolute Gasteiger partial charge is 0.368 e. The number of rotatable bonds is 2. The van der Waals surface area contributed by atoms with Gasteiger partial charge in [0.05, 0.1) is 11.1 Å². The van der Waals surface area contributed by atoms with Crippen LogP contribution in [0.4, 0.5) is 4.39 Å². The summed E-state index contributed by atoms with van der Waals surface area (Å²) in [7, 11) is 0. The first-order valence-electron chi connectivity index (χ1n) is 5.90. The zero-order valence-corrected chi connectivity index (χ0v) is 10.4. The molecule has 0 bridgehead atoms. The molecule has 7 heteroatoms. The maximum atomic E-state index is 13.4. The van der Waals surface area contributed by atoms with Gasteiger partial charge in [-0.15, -0.1) is 0 Å². The van der Waals surface area contributed by atoms with E-state index >= 15 is 0 Å². The minimum atomic E-state index is -1.17. The molecule has 0 fully saturated rings. The number of aromatic nitrogens is 1. The molecule has 2 aromatic rings. The second-order valence-electron chi connectivity index (χ2n) is 4.17. The molecule has 0 aliphatic carbocycles. The summed E-state index contributed by atoms with van der Waals surface area (Å²) < 4.78 is 13.4. The number of hydrogen-bond acceptors (Lipinski definition) is 5. The first-order chi connectivity index (χ1) is 10.1. The minimum Gasteiger partial charge on any atom is -0.324 e. The zero-order chi connectivity index (χ0) is 15.0. The van der Waals surface area contributed by atoms with Crippen LogP contribution in [0.25, 0.3) is 0 Å². The summed E-state index contributed by atoms with van der Waals surface area (Å²) in [5, 5.41) is 0.319. The van der Waals surface area contributed by atoms with Gasteiger partial charge in [-0.05, 0) is 24.3 Å². The molecule has 0 spiro atoms. The minimum absolute atomic E-state index is 0.127. The van der Waals surface area contributed by atoms with Gasteiger partial charge in [0.25, 0.3) is 11.8 Å². The van der Waals surface area contributed by atoms with Crippen LogP contribution in [0.2, 0.25) is 0 Å². The maximum absolute atomic E-state index is 13.4. The van der Waals surface area contributed by atoms with E-state index in [2.05, 4.69) is 4.98 Å². The highest BCUT2D eigenvalue weighted by atomic mass is 19.1. The van der Waals surface area contributed by atoms with Crippen LogP contribution in [0.15, 0.2) is 42.6 Å². The Morgan fingerprint density at radius 1 is 1.05 bits per heavy atom. The lowest BCUT2D eigenvalue weighted by Gasteiger charge is -2.12. The number of carbonyl (C=O) groups excluding carboxylic acids is 3.